The first-order valence-electron chi connectivity index (χ1n) is 7.59. The monoisotopic (exact) mass is 243 g/mol. The van der Waals surface area contributed by atoms with Crippen molar-refractivity contribution in [3.05, 3.63) is 0 Å². The van der Waals surface area contributed by atoms with Crippen molar-refractivity contribution >= 4 is 0 Å². The third kappa shape index (κ3) is 9.61. The molecule has 104 valence electrons. The topological polar surface area (TPSA) is 21.3 Å². The minimum absolute atomic E-state index is 0.650. The molecule has 0 aliphatic rings. The van der Waals surface area contributed by atoms with Crippen LogP contribution in [0.5, 0.6) is 0 Å². The summed E-state index contributed by atoms with van der Waals surface area (Å²) in [5.74, 6) is 0.871. The molecule has 1 unspecified atom stereocenters. The highest BCUT2D eigenvalue weighted by atomic mass is 16.5. The van der Waals surface area contributed by atoms with Gasteiger partial charge in [-0.1, -0.05) is 40.5 Å². The molecule has 0 aromatic rings. The maximum atomic E-state index is 5.60. The van der Waals surface area contributed by atoms with E-state index >= 15 is 0 Å². The van der Waals surface area contributed by atoms with Gasteiger partial charge in [-0.2, -0.15) is 0 Å². The lowest BCUT2D eigenvalue weighted by molar-refractivity contribution is 0.121. The minimum Gasteiger partial charge on any atom is -0.381 e. The van der Waals surface area contributed by atoms with Crippen LogP contribution >= 0.6 is 0 Å². The molecule has 2 heteroatoms. The normalized spacial score (nSPS) is 13.2. The molecular weight excluding hydrogens is 210 g/mol. The van der Waals surface area contributed by atoms with Crippen LogP contribution in [-0.2, 0) is 4.74 Å². The fourth-order valence-electron chi connectivity index (χ4n) is 2.15. The summed E-state index contributed by atoms with van der Waals surface area (Å²) in [6, 6.07) is 0.650. The van der Waals surface area contributed by atoms with Crippen LogP contribution in [0.4, 0.5) is 0 Å². The van der Waals surface area contributed by atoms with E-state index in [4.69, 9.17) is 4.74 Å². The SMILES string of the molecule is CCCNC(CCOCCC)CC(CC)CC. The maximum absolute atomic E-state index is 5.60. The molecular formula is C15H33NO. The molecule has 1 N–H and O–H groups in total. The summed E-state index contributed by atoms with van der Waals surface area (Å²) in [6.45, 7) is 12.0. The Balaban J connectivity index is 3.85. The molecule has 0 radical (unpaired) electrons. The quantitative estimate of drug-likeness (QED) is 0.523. The highest BCUT2D eigenvalue weighted by Crippen LogP contribution is 2.16. The van der Waals surface area contributed by atoms with Gasteiger partial charge in [0.05, 0.1) is 0 Å². The maximum Gasteiger partial charge on any atom is 0.0480 e. The van der Waals surface area contributed by atoms with Crippen molar-refractivity contribution < 1.29 is 4.74 Å². The zero-order valence-corrected chi connectivity index (χ0v) is 12.4. The minimum atomic E-state index is 0.650. The van der Waals surface area contributed by atoms with Crippen LogP contribution in [0.1, 0.15) is 66.2 Å². The standard InChI is InChI=1S/C15H33NO/c1-5-10-16-15(9-12-17-11-6-2)13-14(7-3)8-4/h14-16H,5-13H2,1-4H3. The molecule has 0 saturated carbocycles. The number of hydrogen-bond acceptors (Lipinski definition) is 2. The van der Waals surface area contributed by atoms with Gasteiger partial charge in [-0.15, -0.1) is 0 Å². The zero-order valence-electron chi connectivity index (χ0n) is 12.4. The molecule has 0 rings (SSSR count). The highest BCUT2D eigenvalue weighted by Gasteiger charge is 2.13. The van der Waals surface area contributed by atoms with Crippen molar-refractivity contribution in [1.82, 2.24) is 5.32 Å². The molecule has 17 heavy (non-hydrogen) atoms. The molecule has 0 fully saturated rings. The first kappa shape index (κ1) is 16.9. The van der Waals surface area contributed by atoms with Gasteiger partial charge in [0.2, 0.25) is 0 Å². The number of rotatable bonds is 12. The third-order valence-electron chi connectivity index (χ3n) is 3.41. The lowest BCUT2D eigenvalue weighted by atomic mass is 9.93. The fraction of sp³-hybridized carbons (Fsp3) is 1.00. The second-order valence-electron chi connectivity index (χ2n) is 4.97. The third-order valence-corrected chi connectivity index (χ3v) is 3.41. The van der Waals surface area contributed by atoms with Crippen molar-refractivity contribution in [1.29, 1.82) is 0 Å². The second-order valence-corrected chi connectivity index (χ2v) is 4.97. The summed E-state index contributed by atoms with van der Waals surface area (Å²) in [7, 11) is 0. The molecule has 0 bridgehead atoms. The molecule has 2 nitrogen and oxygen atoms in total. The van der Waals surface area contributed by atoms with Gasteiger partial charge in [0.25, 0.3) is 0 Å². The van der Waals surface area contributed by atoms with E-state index in [1.165, 1.54) is 25.7 Å². The summed E-state index contributed by atoms with van der Waals surface area (Å²) in [5.41, 5.74) is 0. The van der Waals surface area contributed by atoms with Crippen LogP contribution in [0.2, 0.25) is 0 Å². The lowest BCUT2D eigenvalue weighted by Crippen LogP contribution is -2.33. The van der Waals surface area contributed by atoms with E-state index in [0.717, 1.165) is 38.5 Å². The average molecular weight is 243 g/mol. The summed E-state index contributed by atoms with van der Waals surface area (Å²) in [5, 5.41) is 3.67. The molecule has 0 heterocycles. The Bertz CT molecular complexity index is 146. The Morgan fingerprint density at radius 3 is 2.18 bits per heavy atom. The van der Waals surface area contributed by atoms with E-state index < -0.39 is 0 Å². The lowest BCUT2D eigenvalue weighted by Gasteiger charge is -2.23. The molecule has 0 aliphatic carbocycles. The van der Waals surface area contributed by atoms with E-state index in [-0.39, 0.29) is 0 Å². The van der Waals surface area contributed by atoms with Crippen LogP contribution in [0.15, 0.2) is 0 Å². The van der Waals surface area contributed by atoms with E-state index in [2.05, 4.69) is 33.0 Å². The first-order valence-corrected chi connectivity index (χ1v) is 7.59. The molecule has 0 spiro atoms. The molecule has 0 saturated heterocycles. The molecule has 0 amide bonds. The van der Waals surface area contributed by atoms with E-state index in [0.29, 0.717) is 6.04 Å². The van der Waals surface area contributed by atoms with Gasteiger partial charge < -0.3 is 10.1 Å². The summed E-state index contributed by atoms with van der Waals surface area (Å²) in [6.07, 6.45) is 7.42. The van der Waals surface area contributed by atoms with Crippen LogP contribution in [0.3, 0.4) is 0 Å². The summed E-state index contributed by atoms with van der Waals surface area (Å²) < 4.78 is 5.60. The highest BCUT2D eigenvalue weighted by molar-refractivity contribution is 4.71. The predicted octanol–water partition coefficient (Wildman–Crippen LogP) is 4.00. The van der Waals surface area contributed by atoms with Crippen molar-refractivity contribution in [3.8, 4) is 0 Å². The smallest absolute Gasteiger partial charge is 0.0480 e. The Morgan fingerprint density at radius 1 is 0.941 bits per heavy atom. The number of hydrogen-bond donors (Lipinski definition) is 1. The van der Waals surface area contributed by atoms with Crippen LogP contribution < -0.4 is 5.32 Å². The first-order chi connectivity index (χ1) is 8.28. The van der Waals surface area contributed by atoms with Crippen molar-refractivity contribution in [2.75, 3.05) is 19.8 Å². The Labute approximate surface area is 109 Å². The second kappa shape index (κ2) is 12.4. The zero-order chi connectivity index (χ0) is 12.9. The number of nitrogens with one attached hydrogen (secondary N) is 1. The Morgan fingerprint density at radius 2 is 1.65 bits per heavy atom. The van der Waals surface area contributed by atoms with Gasteiger partial charge in [0, 0.05) is 19.3 Å². The van der Waals surface area contributed by atoms with Crippen molar-refractivity contribution in [3.63, 3.8) is 0 Å². The average Bonchev–Trinajstić information content (AvgIpc) is 2.36. The summed E-state index contributed by atoms with van der Waals surface area (Å²) in [4.78, 5) is 0. The van der Waals surface area contributed by atoms with E-state index in [1.54, 1.807) is 0 Å². The van der Waals surface area contributed by atoms with Crippen molar-refractivity contribution in [2.24, 2.45) is 5.92 Å². The molecule has 0 aromatic heterocycles. The van der Waals surface area contributed by atoms with E-state index in [1.807, 2.05) is 0 Å². The van der Waals surface area contributed by atoms with Gasteiger partial charge >= 0.3 is 0 Å². The van der Waals surface area contributed by atoms with Gasteiger partial charge in [-0.25, -0.2) is 0 Å². The molecule has 0 aliphatic heterocycles. The van der Waals surface area contributed by atoms with Crippen molar-refractivity contribution in [2.45, 2.75) is 72.3 Å². The Kier molecular flexibility index (Phi) is 12.3. The van der Waals surface area contributed by atoms with Gasteiger partial charge in [-0.05, 0) is 38.1 Å². The molecule has 1 atom stereocenters. The molecule has 0 aromatic carbocycles. The van der Waals surface area contributed by atoms with Crippen LogP contribution in [0, 0.1) is 5.92 Å². The van der Waals surface area contributed by atoms with E-state index in [9.17, 15) is 0 Å². The van der Waals surface area contributed by atoms with Gasteiger partial charge in [0.15, 0.2) is 0 Å². The predicted molar refractivity (Wildman–Crippen MR) is 76.5 cm³/mol. The fourth-order valence-corrected chi connectivity index (χ4v) is 2.15. The van der Waals surface area contributed by atoms with Gasteiger partial charge in [0.1, 0.15) is 0 Å². The van der Waals surface area contributed by atoms with Crippen LogP contribution in [-0.4, -0.2) is 25.8 Å². The Hall–Kier alpha value is -0.0800. The summed E-state index contributed by atoms with van der Waals surface area (Å²) >= 11 is 0. The largest absolute Gasteiger partial charge is 0.381 e. The number of ether oxygens (including phenoxy) is 1. The van der Waals surface area contributed by atoms with Gasteiger partial charge in [-0.3, -0.25) is 0 Å². The van der Waals surface area contributed by atoms with Crippen LogP contribution in [0.25, 0.3) is 0 Å².